The Balaban J connectivity index is 0.00000180. The van der Waals surface area contributed by atoms with E-state index in [9.17, 15) is 13.2 Å². The minimum atomic E-state index is -3.96. The summed E-state index contributed by atoms with van der Waals surface area (Å²) in [5.74, 6) is 0. The number of ether oxygens (including phenoxy) is 1. The van der Waals surface area contributed by atoms with Crippen molar-refractivity contribution < 1.29 is 39.7 Å². The topological polar surface area (TPSA) is 63.7 Å². The van der Waals surface area contributed by atoms with Gasteiger partial charge in [-0.15, -0.1) is 0 Å². The van der Waals surface area contributed by atoms with Crippen molar-refractivity contribution in [1.29, 1.82) is 0 Å². The number of amides is 1. The molecule has 0 aromatic heterocycles. The largest absolute Gasteiger partial charge is 0.449 e. The summed E-state index contributed by atoms with van der Waals surface area (Å²) in [5, 5.41) is 0. The molecule has 1 heterocycles. The SMILES string of the molecule is [2H][CH-][C@@H]1COC(=O)N1S(=O)(=O)c1ccc(C)cc1.[Pd]. The number of sulfonamides is 1. The van der Waals surface area contributed by atoms with Crippen LogP contribution >= 0.6 is 0 Å². The van der Waals surface area contributed by atoms with Crippen LogP contribution in [0, 0.1) is 13.8 Å². The molecule has 0 spiro atoms. The summed E-state index contributed by atoms with van der Waals surface area (Å²) in [6, 6.07) is 5.28. The standard InChI is InChI=1S/C11H12NO4S.Pd/c1-8-3-5-10(6-4-8)17(14,15)12-9(2)7-16-11(12)13;/h3-6,9H,2,7H2,1H3;/q-1;/t9-;/m1./s1/i2D;. The van der Waals surface area contributed by atoms with Crippen LogP contribution in [0.2, 0.25) is 0 Å². The van der Waals surface area contributed by atoms with Gasteiger partial charge in [0.15, 0.2) is 0 Å². The number of nitrogens with zero attached hydrogens (tertiary/aromatic N) is 1. The van der Waals surface area contributed by atoms with Crippen molar-refractivity contribution in [3.63, 3.8) is 0 Å². The van der Waals surface area contributed by atoms with Crippen LogP contribution < -0.4 is 0 Å². The molecule has 1 atom stereocenters. The van der Waals surface area contributed by atoms with Crippen LogP contribution in [0.3, 0.4) is 0 Å². The molecular weight excluding hydrogens is 349 g/mol. The molecule has 1 aliphatic rings. The summed E-state index contributed by atoms with van der Waals surface area (Å²) < 4.78 is 36.9. The van der Waals surface area contributed by atoms with Crippen molar-refractivity contribution >= 4 is 16.1 Å². The molecular formula is C11H12NO4PdS-. The fraction of sp³-hybridized carbons (Fsp3) is 0.273. The fourth-order valence-electron chi connectivity index (χ4n) is 1.52. The summed E-state index contributed by atoms with van der Waals surface area (Å²) in [4.78, 5) is 11.5. The zero-order valence-corrected chi connectivity index (χ0v) is 11.8. The van der Waals surface area contributed by atoms with Crippen molar-refractivity contribution in [3.8, 4) is 0 Å². The molecule has 102 valence electrons. The molecule has 1 fully saturated rings. The summed E-state index contributed by atoms with van der Waals surface area (Å²) in [7, 11) is -3.96. The molecule has 1 aliphatic heterocycles. The molecule has 0 unspecified atom stereocenters. The second-order valence-corrected chi connectivity index (χ2v) is 5.57. The Labute approximate surface area is 121 Å². The minimum Gasteiger partial charge on any atom is -0.449 e. The molecule has 0 bridgehead atoms. The van der Waals surface area contributed by atoms with Gasteiger partial charge in [-0.1, -0.05) is 17.7 Å². The van der Waals surface area contributed by atoms with E-state index >= 15 is 0 Å². The Hall–Kier alpha value is -0.898. The summed E-state index contributed by atoms with van der Waals surface area (Å²) in [6.45, 7) is 2.60. The molecule has 0 N–H and O–H groups in total. The second-order valence-electron chi connectivity index (χ2n) is 3.76. The van der Waals surface area contributed by atoms with E-state index in [-0.39, 0.29) is 31.9 Å². The van der Waals surface area contributed by atoms with Gasteiger partial charge in [0.1, 0.15) is 0 Å². The quantitative estimate of drug-likeness (QED) is 0.602. The molecule has 0 aliphatic carbocycles. The Morgan fingerprint density at radius 2 is 2.06 bits per heavy atom. The molecule has 1 aromatic rings. The molecule has 0 radical (unpaired) electrons. The van der Waals surface area contributed by atoms with E-state index < -0.39 is 22.2 Å². The smallest absolute Gasteiger partial charge is 0.421 e. The van der Waals surface area contributed by atoms with Crippen LogP contribution in [0.15, 0.2) is 29.2 Å². The Morgan fingerprint density at radius 1 is 1.44 bits per heavy atom. The zero-order valence-electron chi connectivity index (χ0n) is 10.5. The first-order valence-electron chi connectivity index (χ1n) is 5.54. The average Bonchev–Trinajstić information content (AvgIpc) is 2.71. The predicted octanol–water partition coefficient (Wildman–Crippen LogP) is 1.34. The third-order valence-corrected chi connectivity index (χ3v) is 4.24. The van der Waals surface area contributed by atoms with Gasteiger partial charge in [0.05, 0.1) is 11.5 Å². The Bertz CT molecular complexity index is 561. The molecule has 0 saturated carbocycles. The number of aryl methyl sites for hydroxylation is 1. The van der Waals surface area contributed by atoms with Crippen LogP contribution in [0.25, 0.3) is 0 Å². The number of hydrogen-bond acceptors (Lipinski definition) is 4. The first-order valence-corrected chi connectivity index (χ1v) is 6.40. The Kier molecular flexibility index (Phi) is 4.05. The molecule has 1 amide bonds. The van der Waals surface area contributed by atoms with Crippen molar-refractivity contribution in [1.82, 2.24) is 4.31 Å². The van der Waals surface area contributed by atoms with Crippen LogP contribution in [0.4, 0.5) is 4.79 Å². The average molecular weight is 362 g/mol. The summed E-state index contributed by atoms with van der Waals surface area (Å²) in [6.07, 6.45) is -0.941. The van der Waals surface area contributed by atoms with Crippen molar-refractivity contribution in [3.05, 3.63) is 36.7 Å². The maximum Gasteiger partial charge on any atom is 0.421 e. The van der Waals surface area contributed by atoms with E-state index in [0.29, 0.717) is 4.31 Å². The van der Waals surface area contributed by atoms with E-state index in [4.69, 9.17) is 1.37 Å². The van der Waals surface area contributed by atoms with Gasteiger partial charge in [-0.3, -0.25) is 0 Å². The van der Waals surface area contributed by atoms with E-state index in [1.54, 1.807) is 12.1 Å². The first-order chi connectivity index (χ1) is 8.46. The van der Waals surface area contributed by atoms with Crippen molar-refractivity contribution in [2.75, 3.05) is 6.61 Å². The van der Waals surface area contributed by atoms with Gasteiger partial charge in [-0.2, -0.15) is 0 Å². The predicted molar refractivity (Wildman–Crippen MR) is 60.7 cm³/mol. The Morgan fingerprint density at radius 3 is 2.61 bits per heavy atom. The third-order valence-electron chi connectivity index (χ3n) is 2.44. The normalized spacial score (nSPS) is 20.1. The fourth-order valence-corrected chi connectivity index (χ4v) is 2.90. The van der Waals surface area contributed by atoms with E-state index in [0.717, 1.165) is 12.5 Å². The van der Waals surface area contributed by atoms with E-state index in [1.165, 1.54) is 12.1 Å². The van der Waals surface area contributed by atoms with Crippen molar-refractivity contribution in [2.45, 2.75) is 17.9 Å². The van der Waals surface area contributed by atoms with E-state index in [1.807, 2.05) is 6.92 Å². The maximum atomic E-state index is 12.2. The molecule has 2 rings (SSSR count). The monoisotopic (exact) mass is 361 g/mol. The van der Waals surface area contributed by atoms with Gasteiger partial charge in [0.2, 0.25) is 0 Å². The van der Waals surface area contributed by atoms with Crippen LogP contribution in [0.1, 0.15) is 6.93 Å². The van der Waals surface area contributed by atoms with Crippen molar-refractivity contribution in [2.24, 2.45) is 0 Å². The first kappa shape index (κ1) is 13.5. The van der Waals surface area contributed by atoms with Crippen LogP contribution in [0.5, 0.6) is 0 Å². The number of cyclic esters (lactones) is 1. The molecule has 5 nitrogen and oxygen atoms in total. The van der Waals surface area contributed by atoms with Gasteiger partial charge in [0, 0.05) is 20.4 Å². The van der Waals surface area contributed by atoms with E-state index in [2.05, 4.69) is 4.74 Å². The number of hydrogen-bond donors (Lipinski definition) is 0. The van der Waals surface area contributed by atoms with Crippen LogP contribution in [-0.2, 0) is 35.2 Å². The van der Waals surface area contributed by atoms with Gasteiger partial charge >= 0.3 is 6.09 Å². The van der Waals surface area contributed by atoms with Gasteiger partial charge in [0.25, 0.3) is 10.0 Å². The van der Waals surface area contributed by atoms with Gasteiger partial charge < -0.3 is 11.6 Å². The minimum absolute atomic E-state index is 0. The molecule has 1 saturated heterocycles. The maximum absolute atomic E-state index is 12.2. The molecule has 1 aromatic carbocycles. The van der Waals surface area contributed by atoms with Gasteiger partial charge in [-0.05, 0) is 25.1 Å². The molecule has 7 heteroatoms. The number of carbonyl (C=O) groups is 1. The van der Waals surface area contributed by atoms with Gasteiger partial charge in [-0.25, -0.2) is 18.9 Å². The number of benzene rings is 1. The zero-order chi connectivity index (χ0) is 13.3. The summed E-state index contributed by atoms with van der Waals surface area (Å²) in [5.41, 5.74) is 0.918. The number of carbonyl (C=O) groups excluding carboxylic acids is 1. The second kappa shape index (κ2) is 5.39. The van der Waals surface area contributed by atoms with Crippen LogP contribution in [-0.4, -0.2) is 31.5 Å². The summed E-state index contributed by atoms with van der Waals surface area (Å²) >= 11 is 0. The molecule has 18 heavy (non-hydrogen) atoms. The third kappa shape index (κ3) is 2.58. The number of rotatable bonds is 3.